The molecule has 3 fully saturated rings. The lowest BCUT2D eigenvalue weighted by atomic mass is 9.61. The number of benzene rings is 2. The number of nitrogens with one attached hydrogen (secondary N) is 1. The number of aryl methyl sites for hydroxylation is 1. The van der Waals surface area contributed by atoms with E-state index in [9.17, 15) is 28.8 Å². The molecule has 16 nitrogen and oxygen atoms in total. The van der Waals surface area contributed by atoms with Crippen LogP contribution >= 0.6 is 23.2 Å². The Kier molecular flexibility index (Phi) is 12.0. The number of hydrogen-bond acceptors (Lipinski definition) is 10. The van der Waals surface area contributed by atoms with Crippen molar-refractivity contribution >= 4 is 58.4 Å². The number of methoxy groups -OCH3 is 1. The SMILES string of the molecule is COc1ncc(C(=O)N2CCC3(CC2)CC(Oc2cccc4c2CN(C2CCC(=O)NC2=O)C4=O)C3)cc1-c1nc2c(n1C(C)C)CN(c1cc(Cl)cn(C)c1=O)C2=O.Clc1ccccc1. The van der Waals surface area contributed by atoms with Gasteiger partial charge >= 0.3 is 0 Å². The van der Waals surface area contributed by atoms with Gasteiger partial charge in [0, 0.05) is 61.1 Å². The summed E-state index contributed by atoms with van der Waals surface area (Å²) in [5.41, 5.74) is 2.80. The van der Waals surface area contributed by atoms with E-state index >= 15 is 0 Å². The second-order valence-corrected chi connectivity index (χ2v) is 18.6. The first-order chi connectivity index (χ1) is 31.6. The fourth-order valence-corrected chi connectivity index (χ4v) is 10.2. The first-order valence-electron chi connectivity index (χ1n) is 21.9. The van der Waals surface area contributed by atoms with Crippen LogP contribution in [0.25, 0.3) is 11.4 Å². The van der Waals surface area contributed by atoms with Gasteiger partial charge in [-0.3, -0.25) is 39.0 Å². The van der Waals surface area contributed by atoms with Gasteiger partial charge in [-0.1, -0.05) is 47.5 Å². The Labute approximate surface area is 390 Å². The molecule has 10 rings (SSSR count). The maximum atomic E-state index is 14.0. The molecule has 0 radical (unpaired) electrons. The number of likely N-dealkylation sites (tertiary alicyclic amines) is 1. The molecular weight excluding hydrogens is 887 g/mol. The highest BCUT2D eigenvalue weighted by molar-refractivity contribution is 6.31. The lowest BCUT2D eigenvalue weighted by molar-refractivity contribution is -0.136. The van der Waals surface area contributed by atoms with Gasteiger partial charge in [-0.25, -0.2) is 9.97 Å². The molecule has 1 saturated carbocycles. The van der Waals surface area contributed by atoms with Crippen molar-refractivity contribution in [2.75, 3.05) is 25.1 Å². The van der Waals surface area contributed by atoms with Gasteiger partial charge in [0.05, 0.1) is 48.1 Å². The highest BCUT2D eigenvalue weighted by Crippen LogP contribution is 2.51. The van der Waals surface area contributed by atoms with E-state index in [1.54, 1.807) is 25.2 Å². The largest absolute Gasteiger partial charge is 0.490 e. The predicted octanol–water partition coefficient (Wildman–Crippen LogP) is 6.61. The Morgan fingerprint density at radius 3 is 2.32 bits per heavy atom. The molecule has 4 aliphatic heterocycles. The number of fused-ring (bicyclic) bond motifs is 2. The summed E-state index contributed by atoms with van der Waals surface area (Å²) in [6.45, 7) is 5.42. The summed E-state index contributed by atoms with van der Waals surface area (Å²) in [5, 5.41) is 3.47. The number of imidazole rings is 1. The number of ether oxygens (including phenoxy) is 2. The summed E-state index contributed by atoms with van der Waals surface area (Å²) in [5.74, 6) is -0.266. The summed E-state index contributed by atoms with van der Waals surface area (Å²) >= 11 is 11.8. The maximum absolute atomic E-state index is 14.0. The average Bonchev–Trinajstić information content (AvgIpc) is 3.94. The molecule has 1 unspecified atom stereocenters. The number of imide groups is 1. The first kappa shape index (κ1) is 44.7. The predicted molar refractivity (Wildman–Crippen MR) is 245 cm³/mol. The second kappa shape index (κ2) is 17.7. The Balaban J connectivity index is 0.000000717. The molecule has 0 bridgehead atoms. The van der Waals surface area contributed by atoms with Crippen LogP contribution in [-0.4, -0.2) is 90.8 Å². The first-order valence-corrected chi connectivity index (χ1v) is 22.7. The molecule has 3 aromatic heterocycles. The van der Waals surface area contributed by atoms with Gasteiger partial charge in [-0.15, -0.1) is 0 Å². The van der Waals surface area contributed by atoms with Crippen molar-refractivity contribution in [2.45, 2.75) is 83.6 Å². The normalized spacial score (nSPS) is 18.8. The van der Waals surface area contributed by atoms with Crippen molar-refractivity contribution in [1.29, 1.82) is 0 Å². The Bertz CT molecular complexity index is 2850. The summed E-state index contributed by atoms with van der Waals surface area (Å²) in [7, 11) is 3.07. The summed E-state index contributed by atoms with van der Waals surface area (Å²) in [6.07, 6.45) is 6.70. The molecule has 1 atom stereocenters. The van der Waals surface area contributed by atoms with E-state index in [2.05, 4.69) is 10.3 Å². The van der Waals surface area contributed by atoms with Crippen LogP contribution in [-0.2, 0) is 29.7 Å². The molecule has 1 aliphatic carbocycles. The van der Waals surface area contributed by atoms with Crippen molar-refractivity contribution in [3.8, 4) is 23.0 Å². The third-order valence-electron chi connectivity index (χ3n) is 13.2. The number of nitrogens with zero attached hydrogens (tertiary/aromatic N) is 7. The quantitative estimate of drug-likeness (QED) is 0.167. The Morgan fingerprint density at radius 2 is 1.65 bits per heavy atom. The van der Waals surface area contributed by atoms with Crippen molar-refractivity contribution in [3.05, 3.63) is 122 Å². The molecule has 5 aliphatic rings. The maximum Gasteiger partial charge on any atom is 0.279 e. The van der Waals surface area contributed by atoms with Gasteiger partial charge < -0.3 is 28.4 Å². The summed E-state index contributed by atoms with van der Waals surface area (Å²) in [4.78, 5) is 92.4. The molecule has 1 N–H and O–H groups in total. The van der Waals surface area contributed by atoms with Gasteiger partial charge in [0.1, 0.15) is 23.3 Å². The van der Waals surface area contributed by atoms with E-state index in [1.807, 2.05) is 59.7 Å². The van der Waals surface area contributed by atoms with Crippen molar-refractivity contribution in [2.24, 2.45) is 12.5 Å². The molecule has 1 spiro atoms. The summed E-state index contributed by atoms with van der Waals surface area (Å²) < 4.78 is 15.4. The summed E-state index contributed by atoms with van der Waals surface area (Å²) in [6, 6.07) is 17.2. The van der Waals surface area contributed by atoms with Gasteiger partial charge in [-0.2, -0.15) is 0 Å². The van der Waals surface area contributed by atoms with Crippen LogP contribution in [0, 0.1) is 5.41 Å². The van der Waals surface area contributed by atoms with Crippen molar-refractivity contribution < 1.29 is 33.4 Å². The zero-order chi connectivity index (χ0) is 46.6. The van der Waals surface area contributed by atoms with Gasteiger partial charge in [0.25, 0.3) is 23.3 Å². The number of halogens is 2. The van der Waals surface area contributed by atoms with Crippen molar-refractivity contribution in [3.63, 3.8) is 0 Å². The van der Waals surface area contributed by atoms with E-state index in [-0.39, 0.29) is 77.6 Å². The minimum Gasteiger partial charge on any atom is -0.490 e. The van der Waals surface area contributed by atoms with E-state index in [0.717, 1.165) is 36.3 Å². The topological polar surface area (TPSA) is 178 Å². The van der Waals surface area contributed by atoms with E-state index in [0.29, 0.717) is 58.5 Å². The number of carbonyl (C=O) groups is 5. The minimum atomic E-state index is -0.693. The zero-order valence-electron chi connectivity index (χ0n) is 36.9. The van der Waals surface area contributed by atoms with E-state index in [1.165, 1.54) is 39.9 Å². The molecule has 5 amide bonds. The van der Waals surface area contributed by atoms with Crippen molar-refractivity contribution in [1.82, 2.24) is 34.2 Å². The number of piperidine rings is 2. The monoisotopic (exact) mass is 934 g/mol. The number of amides is 5. The molecule has 18 heteroatoms. The lowest BCUT2D eigenvalue weighted by Gasteiger charge is -2.51. The highest BCUT2D eigenvalue weighted by atomic mass is 35.5. The average molecular weight is 936 g/mol. The number of anilines is 1. The Hall–Kier alpha value is -6.52. The van der Waals surface area contributed by atoms with E-state index < -0.39 is 17.9 Å². The van der Waals surface area contributed by atoms with Gasteiger partial charge in [-0.05, 0) is 87.8 Å². The number of rotatable bonds is 8. The van der Waals surface area contributed by atoms with E-state index in [4.69, 9.17) is 37.7 Å². The molecule has 5 aromatic rings. The lowest BCUT2D eigenvalue weighted by Crippen LogP contribution is -2.52. The van der Waals surface area contributed by atoms with Crippen LogP contribution in [0.2, 0.25) is 10.0 Å². The van der Waals surface area contributed by atoms with Gasteiger partial charge in [0.2, 0.25) is 17.7 Å². The molecular formula is C48H48Cl2N8O8. The van der Waals surface area contributed by atoms with Crippen LogP contribution in [0.4, 0.5) is 5.69 Å². The van der Waals surface area contributed by atoms with Crippen LogP contribution in [0.1, 0.15) is 101 Å². The standard InChI is InChI=1S/C42H43ClN8O8.C6H5Cl/c1-22(2)51-31-21-50(30-15-24(43)19-47(3)40(30)56)41(57)34(31)46-35(51)27-14-23(18-44-37(27)58-4)38(54)48-12-10-42(11-13-48)16-25(17-42)59-32-7-5-6-26-28(32)20-49(39(26)55)29-8-9-33(52)45-36(29)53;7-6-4-2-1-3-5-6/h5-7,14-15,18-19,22,25,29H,8-13,16-17,20-21H2,1-4H3,(H,45,52,53);1-5H. The Morgan fingerprint density at radius 1 is 0.909 bits per heavy atom. The number of carbonyl (C=O) groups excluding carboxylic acids is 5. The smallest absolute Gasteiger partial charge is 0.279 e. The zero-order valence-corrected chi connectivity index (χ0v) is 38.4. The molecule has 7 heterocycles. The van der Waals surface area contributed by atoms with Crippen LogP contribution in [0.15, 0.2) is 77.9 Å². The number of pyridine rings is 2. The minimum absolute atomic E-state index is 0.0373. The number of aromatic nitrogens is 4. The highest BCUT2D eigenvalue weighted by Gasteiger charge is 2.49. The molecule has 2 saturated heterocycles. The van der Waals surface area contributed by atoms with Crippen LogP contribution < -0.4 is 25.2 Å². The van der Waals surface area contributed by atoms with Gasteiger partial charge in [0.15, 0.2) is 5.69 Å². The third-order valence-corrected chi connectivity index (χ3v) is 13.7. The molecule has 66 heavy (non-hydrogen) atoms. The fourth-order valence-electron chi connectivity index (χ4n) is 9.84. The third kappa shape index (κ3) is 8.21. The van der Waals surface area contributed by atoms with Crippen LogP contribution in [0.5, 0.6) is 11.6 Å². The fraction of sp³-hybridized carbons (Fsp3) is 0.375. The second-order valence-electron chi connectivity index (χ2n) is 17.7. The molecule has 342 valence electrons. The molecule has 2 aromatic carbocycles. The number of hydrogen-bond donors (Lipinski definition) is 1. The van der Waals surface area contributed by atoms with Crippen LogP contribution in [0.3, 0.4) is 0 Å².